The maximum absolute atomic E-state index is 12.9. The molecule has 0 saturated carbocycles. The van der Waals surface area contributed by atoms with E-state index in [0.29, 0.717) is 55.5 Å². The molecule has 0 unspecified atom stereocenters. The first-order chi connectivity index (χ1) is 14.8. The third-order valence-corrected chi connectivity index (χ3v) is 7.64. The van der Waals surface area contributed by atoms with Crippen LogP contribution in [0.2, 0.25) is 0 Å². The van der Waals surface area contributed by atoms with Crippen molar-refractivity contribution in [2.24, 2.45) is 0 Å². The molecule has 0 fully saturated rings. The minimum Gasteiger partial charge on any atom is -0.339 e. The van der Waals surface area contributed by atoms with Crippen LogP contribution in [0.3, 0.4) is 0 Å². The van der Waals surface area contributed by atoms with E-state index >= 15 is 0 Å². The number of carbonyl (C=O) groups excluding carboxylic acids is 1. The Morgan fingerprint density at radius 3 is 2.65 bits per heavy atom. The maximum Gasteiger partial charge on any atom is 0.243 e. The van der Waals surface area contributed by atoms with E-state index in [9.17, 15) is 13.2 Å². The summed E-state index contributed by atoms with van der Waals surface area (Å²) >= 11 is 0. The minimum absolute atomic E-state index is 0.0314. The maximum atomic E-state index is 12.9. The van der Waals surface area contributed by atoms with Gasteiger partial charge >= 0.3 is 0 Å². The van der Waals surface area contributed by atoms with E-state index in [1.165, 1.54) is 4.31 Å². The first kappa shape index (κ1) is 23.4. The lowest BCUT2D eigenvalue weighted by Gasteiger charge is -2.30. The van der Waals surface area contributed by atoms with E-state index in [1.807, 2.05) is 27.7 Å². The molecule has 3 rings (SSSR count). The fraction of sp³-hybridized carbons (Fsp3) is 0.591. The van der Waals surface area contributed by atoms with E-state index in [1.54, 1.807) is 23.1 Å². The Kier molecular flexibility index (Phi) is 7.48. The Bertz CT molecular complexity index is 1010. The van der Waals surface area contributed by atoms with Crippen molar-refractivity contribution < 1.29 is 17.7 Å². The molecule has 1 aromatic carbocycles. The van der Waals surface area contributed by atoms with Gasteiger partial charge in [-0.25, -0.2) is 8.42 Å². The Balaban J connectivity index is 1.68. The number of aryl methyl sites for hydroxylation is 2. The van der Waals surface area contributed by atoms with E-state index < -0.39 is 10.0 Å². The molecule has 0 spiro atoms. The number of benzene rings is 1. The normalized spacial score (nSPS) is 14.3. The molecular weight excluding hydrogens is 416 g/mol. The average molecular weight is 449 g/mol. The number of amides is 1. The predicted octanol–water partition coefficient (Wildman–Crippen LogP) is 3.53. The van der Waals surface area contributed by atoms with Crippen LogP contribution in [-0.2, 0) is 27.7 Å². The highest BCUT2D eigenvalue weighted by Crippen LogP contribution is 2.31. The number of fused-ring (bicyclic) bond motifs is 1. The highest BCUT2D eigenvalue weighted by atomic mass is 32.2. The highest BCUT2D eigenvalue weighted by molar-refractivity contribution is 7.89. The Morgan fingerprint density at radius 1 is 1.26 bits per heavy atom. The zero-order chi connectivity index (χ0) is 22.6. The summed E-state index contributed by atoms with van der Waals surface area (Å²) in [5, 5.41) is 3.95. The third-order valence-electron chi connectivity index (χ3n) is 5.60. The van der Waals surface area contributed by atoms with Gasteiger partial charge in [-0.15, -0.1) is 0 Å². The molecule has 0 atom stereocenters. The summed E-state index contributed by atoms with van der Waals surface area (Å²) in [7, 11) is -3.51. The van der Waals surface area contributed by atoms with Crippen LogP contribution in [-0.4, -0.2) is 48.4 Å². The van der Waals surface area contributed by atoms with Crippen LogP contribution in [0.25, 0.3) is 0 Å². The van der Waals surface area contributed by atoms with Gasteiger partial charge in [0.2, 0.25) is 21.8 Å². The Morgan fingerprint density at radius 2 is 2.00 bits per heavy atom. The van der Waals surface area contributed by atoms with Gasteiger partial charge in [0.25, 0.3) is 0 Å². The second-order valence-electron chi connectivity index (χ2n) is 8.08. The number of anilines is 1. The molecule has 31 heavy (non-hydrogen) atoms. The molecule has 1 aromatic heterocycles. The second-order valence-corrected chi connectivity index (χ2v) is 10.0. The molecule has 0 N–H and O–H groups in total. The predicted molar refractivity (Wildman–Crippen MR) is 119 cm³/mol. The van der Waals surface area contributed by atoms with Crippen molar-refractivity contribution >= 4 is 21.6 Å². The zero-order valence-corrected chi connectivity index (χ0v) is 19.6. The van der Waals surface area contributed by atoms with E-state index in [2.05, 4.69) is 10.1 Å². The molecule has 0 bridgehead atoms. The van der Waals surface area contributed by atoms with Crippen molar-refractivity contribution in [3.63, 3.8) is 0 Å². The molecule has 9 heteroatoms. The molecule has 170 valence electrons. The zero-order valence-electron chi connectivity index (χ0n) is 18.8. The summed E-state index contributed by atoms with van der Waals surface area (Å²) in [6.45, 7) is 9.18. The van der Waals surface area contributed by atoms with E-state index in [-0.39, 0.29) is 11.8 Å². The molecule has 1 aliphatic rings. The Labute approximate surface area is 184 Å². The summed E-state index contributed by atoms with van der Waals surface area (Å²) in [6.07, 6.45) is 3.14. The molecule has 2 heterocycles. The van der Waals surface area contributed by atoms with Gasteiger partial charge in [-0.1, -0.05) is 32.9 Å². The fourth-order valence-electron chi connectivity index (χ4n) is 3.84. The molecule has 1 aliphatic heterocycles. The van der Waals surface area contributed by atoms with Gasteiger partial charge < -0.3 is 9.42 Å². The summed E-state index contributed by atoms with van der Waals surface area (Å²) in [5.74, 6) is 1.48. The summed E-state index contributed by atoms with van der Waals surface area (Å²) in [5.41, 5.74) is 1.72. The number of aromatic nitrogens is 2. The monoisotopic (exact) mass is 448 g/mol. The summed E-state index contributed by atoms with van der Waals surface area (Å²) < 4.78 is 32.4. The Hall–Kier alpha value is -2.26. The van der Waals surface area contributed by atoms with Crippen molar-refractivity contribution in [3.8, 4) is 0 Å². The standard InChI is InChI=1S/C22H32N4O4S/c1-5-25(6-2)31(28,29)18-12-13-19-17(15-18)9-8-14-26(19)21(27)11-7-10-20-23-22(16(3)4)24-30-20/h12-13,15-16H,5-11,14H2,1-4H3. The van der Waals surface area contributed by atoms with Crippen LogP contribution in [0.5, 0.6) is 0 Å². The van der Waals surface area contributed by atoms with Gasteiger partial charge in [0.05, 0.1) is 4.90 Å². The minimum atomic E-state index is -3.51. The SMILES string of the molecule is CCN(CC)S(=O)(=O)c1ccc2c(c1)CCCN2C(=O)CCCc1nc(C(C)C)no1. The number of nitrogens with zero attached hydrogens (tertiary/aromatic N) is 4. The molecule has 0 saturated heterocycles. The molecule has 8 nitrogen and oxygen atoms in total. The second kappa shape index (κ2) is 9.91. The lowest BCUT2D eigenvalue weighted by molar-refractivity contribution is -0.118. The van der Waals surface area contributed by atoms with Gasteiger partial charge in [0.15, 0.2) is 5.82 Å². The number of sulfonamides is 1. The molecule has 0 aliphatic carbocycles. The number of hydrogen-bond donors (Lipinski definition) is 0. The van der Waals surface area contributed by atoms with Gasteiger partial charge in [-0.2, -0.15) is 9.29 Å². The molecule has 1 amide bonds. The van der Waals surface area contributed by atoms with E-state index in [0.717, 1.165) is 24.1 Å². The van der Waals surface area contributed by atoms with Gasteiger partial charge in [0, 0.05) is 44.1 Å². The first-order valence-electron chi connectivity index (χ1n) is 11.0. The highest BCUT2D eigenvalue weighted by Gasteiger charge is 2.27. The van der Waals surface area contributed by atoms with Crippen LogP contribution in [0.15, 0.2) is 27.6 Å². The van der Waals surface area contributed by atoms with Crippen LogP contribution < -0.4 is 4.90 Å². The van der Waals surface area contributed by atoms with Gasteiger partial charge in [0.1, 0.15) is 0 Å². The lowest BCUT2D eigenvalue weighted by Crippen LogP contribution is -2.36. The van der Waals surface area contributed by atoms with Crippen molar-refractivity contribution in [2.45, 2.75) is 70.6 Å². The van der Waals surface area contributed by atoms with Crippen molar-refractivity contribution in [2.75, 3.05) is 24.5 Å². The van der Waals surface area contributed by atoms with Crippen LogP contribution in [0.1, 0.15) is 70.2 Å². The lowest BCUT2D eigenvalue weighted by atomic mass is 10.0. The molecule has 0 radical (unpaired) electrons. The molecule has 2 aromatic rings. The first-order valence-corrected chi connectivity index (χ1v) is 12.5. The fourth-order valence-corrected chi connectivity index (χ4v) is 5.34. The largest absolute Gasteiger partial charge is 0.339 e. The van der Waals surface area contributed by atoms with Crippen LogP contribution >= 0.6 is 0 Å². The van der Waals surface area contributed by atoms with Crippen molar-refractivity contribution in [3.05, 3.63) is 35.5 Å². The van der Waals surface area contributed by atoms with Gasteiger partial charge in [-0.05, 0) is 43.0 Å². The number of carbonyl (C=O) groups is 1. The summed E-state index contributed by atoms with van der Waals surface area (Å²) in [6, 6.07) is 5.12. The topological polar surface area (TPSA) is 96.6 Å². The van der Waals surface area contributed by atoms with E-state index in [4.69, 9.17) is 4.52 Å². The number of rotatable bonds is 9. The van der Waals surface area contributed by atoms with Gasteiger partial charge in [-0.3, -0.25) is 4.79 Å². The summed E-state index contributed by atoms with van der Waals surface area (Å²) in [4.78, 5) is 19.3. The smallest absolute Gasteiger partial charge is 0.243 e. The van der Waals surface area contributed by atoms with Crippen LogP contribution in [0, 0.1) is 0 Å². The third kappa shape index (κ3) is 5.15. The average Bonchev–Trinajstić information content (AvgIpc) is 3.23. The quantitative estimate of drug-likeness (QED) is 0.582. The van der Waals surface area contributed by atoms with Crippen LogP contribution in [0.4, 0.5) is 5.69 Å². The molecular formula is C22H32N4O4S. The number of hydrogen-bond acceptors (Lipinski definition) is 6. The van der Waals surface area contributed by atoms with Crippen molar-refractivity contribution in [1.29, 1.82) is 0 Å². The van der Waals surface area contributed by atoms with Crippen molar-refractivity contribution in [1.82, 2.24) is 14.4 Å².